The van der Waals surface area contributed by atoms with Gasteiger partial charge in [0.05, 0.1) is 0 Å². The van der Waals surface area contributed by atoms with Gasteiger partial charge in [0.25, 0.3) is 0 Å². The molecule has 0 aromatic heterocycles. The van der Waals surface area contributed by atoms with Gasteiger partial charge in [0.1, 0.15) is 5.75 Å². The molecule has 0 radical (unpaired) electrons. The molecular formula is C14H21N3O4. The number of carboxylic acids is 1. The summed E-state index contributed by atoms with van der Waals surface area (Å²) in [4.78, 5) is 24.1. The van der Waals surface area contributed by atoms with Gasteiger partial charge in [-0.05, 0) is 45.3 Å². The molecule has 3 N–H and O–H groups in total. The van der Waals surface area contributed by atoms with Gasteiger partial charge in [-0.3, -0.25) is 0 Å². The number of benzene rings is 1. The zero-order chi connectivity index (χ0) is 15.8. The first kappa shape index (κ1) is 16.8. The lowest BCUT2D eigenvalue weighted by atomic mass is 10.3. The van der Waals surface area contributed by atoms with Gasteiger partial charge in [-0.15, -0.1) is 0 Å². The summed E-state index contributed by atoms with van der Waals surface area (Å²) < 4.78 is 5.00. The third-order valence-corrected chi connectivity index (χ3v) is 2.91. The maximum Gasteiger partial charge on any atom is 0.341 e. The Hall–Kier alpha value is -2.28. The van der Waals surface area contributed by atoms with Crippen LogP contribution in [0.2, 0.25) is 0 Å². The summed E-state index contributed by atoms with van der Waals surface area (Å²) in [7, 11) is 3.89. The monoisotopic (exact) mass is 295 g/mol. The molecule has 7 heteroatoms. The van der Waals surface area contributed by atoms with E-state index >= 15 is 0 Å². The number of hydrogen-bond acceptors (Lipinski definition) is 4. The topological polar surface area (TPSA) is 90.9 Å². The van der Waals surface area contributed by atoms with Crippen LogP contribution < -0.4 is 15.4 Å². The first-order valence-electron chi connectivity index (χ1n) is 6.54. The van der Waals surface area contributed by atoms with Crippen LogP contribution >= 0.6 is 0 Å². The fraction of sp³-hybridized carbons (Fsp3) is 0.429. The van der Waals surface area contributed by atoms with Crippen molar-refractivity contribution in [1.82, 2.24) is 10.2 Å². The minimum atomic E-state index is -1.04. The fourth-order valence-corrected chi connectivity index (χ4v) is 1.38. The third-order valence-electron chi connectivity index (χ3n) is 2.91. The number of carboxylic acid groups (broad SMARTS) is 1. The van der Waals surface area contributed by atoms with Gasteiger partial charge < -0.3 is 25.4 Å². The molecular weight excluding hydrogens is 274 g/mol. The number of likely N-dealkylation sites (N-methyl/N-ethyl adjacent to an activating group) is 1. The maximum atomic E-state index is 11.7. The summed E-state index contributed by atoms with van der Waals surface area (Å²) in [5, 5.41) is 14.0. The Morgan fingerprint density at radius 1 is 1.29 bits per heavy atom. The molecule has 0 aliphatic carbocycles. The second kappa shape index (κ2) is 8.11. The normalized spacial score (nSPS) is 11.8. The van der Waals surface area contributed by atoms with E-state index in [1.807, 2.05) is 25.9 Å². The number of anilines is 1. The molecule has 21 heavy (non-hydrogen) atoms. The average Bonchev–Trinajstić information content (AvgIpc) is 2.43. The number of ether oxygens (including phenoxy) is 1. The number of nitrogens with zero attached hydrogens (tertiary/aromatic N) is 1. The minimum Gasteiger partial charge on any atom is -0.482 e. The van der Waals surface area contributed by atoms with Crippen molar-refractivity contribution in [3.63, 3.8) is 0 Å². The molecule has 0 aliphatic rings. The summed E-state index contributed by atoms with van der Waals surface area (Å²) >= 11 is 0. The second-order valence-corrected chi connectivity index (χ2v) is 4.85. The largest absolute Gasteiger partial charge is 0.482 e. The van der Waals surface area contributed by atoms with E-state index in [1.54, 1.807) is 24.3 Å². The molecule has 1 atom stereocenters. The Labute approximate surface area is 123 Å². The van der Waals surface area contributed by atoms with Gasteiger partial charge in [-0.1, -0.05) is 0 Å². The standard InChI is InChI=1S/C14H21N3O4/c1-10(17(2)3)8-15-14(20)16-11-4-6-12(7-5-11)21-9-13(18)19/h4-7,10H,8-9H2,1-3H3,(H,18,19)(H2,15,16,20). The molecule has 1 aromatic carbocycles. The van der Waals surface area contributed by atoms with E-state index in [4.69, 9.17) is 9.84 Å². The molecule has 0 aliphatic heterocycles. The van der Waals surface area contributed by atoms with Crippen molar-refractivity contribution in [3.05, 3.63) is 24.3 Å². The minimum absolute atomic E-state index is 0.238. The molecule has 0 saturated heterocycles. The number of carbonyl (C=O) groups is 2. The van der Waals surface area contributed by atoms with Crippen LogP contribution in [0.1, 0.15) is 6.92 Å². The molecule has 0 saturated carbocycles. The lowest BCUT2D eigenvalue weighted by Gasteiger charge is -2.20. The van der Waals surface area contributed by atoms with Crippen molar-refractivity contribution >= 4 is 17.7 Å². The predicted molar refractivity (Wildman–Crippen MR) is 79.7 cm³/mol. The summed E-state index contributed by atoms with van der Waals surface area (Å²) in [6.07, 6.45) is 0. The highest BCUT2D eigenvalue weighted by molar-refractivity contribution is 5.89. The Morgan fingerprint density at radius 2 is 1.90 bits per heavy atom. The summed E-state index contributed by atoms with van der Waals surface area (Å²) in [6.45, 7) is 2.16. The van der Waals surface area contributed by atoms with Crippen LogP contribution in [0.5, 0.6) is 5.75 Å². The SMILES string of the molecule is CC(CNC(=O)Nc1ccc(OCC(=O)O)cc1)N(C)C. The molecule has 0 bridgehead atoms. The van der Waals surface area contributed by atoms with Gasteiger partial charge in [-0.25, -0.2) is 9.59 Å². The van der Waals surface area contributed by atoms with Crippen molar-refractivity contribution in [2.45, 2.75) is 13.0 Å². The van der Waals surface area contributed by atoms with E-state index in [1.165, 1.54) is 0 Å². The molecule has 0 spiro atoms. The molecule has 1 rings (SSSR count). The average molecular weight is 295 g/mol. The smallest absolute Gasteiger partial charge is 0.341 e. The van der Waals surface area contributed by atoms with E-state index in [0.29, 0.717) is 18.0 Å². The van der Waals surface area contributed by atoms with Gasteiger partial charge in [0.15, 0.2) is 6.61 Å². The summed E-state index contributed by atoms with van der Waals surface area (Å²) in [5.41, 5.74) is 0.604. The van der Waals surface area contributed by atoms with E-state index < -0.39 is 12.6 Å². The zero-order valence-electron chi connectivity index (χ0n) is 12.4. The molecule has 0 fully saturated rings. The summed E-state index contributed by atoms with van der Waals surface area (Å²) in [6, 6.07) is 6.44. The molecule has 0 heterocycles. The van der Waals surface area contributed by atoms with Crippen molar-refractivity contribution in [3.8, 4) is 5.75 Å². The predicted octanol–water partition coefficient (Wildman–Crippen LogP) is 1.22. The fourth-order valence-electron chi connectivity index (χ4n) is 1.38. The number of amides is 2. The number of hydrogen-bond donors (Lipinski definition) is 3. The number of nitrogens with one attached hydrogen (secondary N) is 2. The molecule has 1 aromatic rings. The highest BCUT2D eigenvalue weighted by atomic mass is 16.5. The van der Waals surface area contributed by atoms with Crippen LogP contribution in [0.4, 0.5) is 10.5 Å². The van der Waals surface area contributed by atoms with Crippen molar-refractivity contribution in [2.24, 2.45) is 0 Å². The van der Waals surface area contributed by atoms with Crippen LogP contribution in [0.25, 0.3) is 0 Å². The maximum absolute atomic E-state index is 11.7. The van der Waals surface area contributed by atoms with E-state index in [0.717, 1.165) is 0 Å². The van der Waals surface area contributed by atoms with Crippen molar-refractivity contribution < 1.29 is 19.4 Å². The Bertz CT molecular complexity index is 474. The third kappa shape index (κ3) is 6.62. The lowest BCUT2D eigenvalue weighted by molar-refractivity contribution is -0.139. The molecule has 2 amide bonds. The van der Waals surface area contributed by atoms with Crippen molar-refractivity contribution in [2.75, 3.05) is 32.6 Å². The number of urea groups is 1. The number of aliphatic carboxylic acids is 1. The number of carbonyl (C=O) groups excluding carboxylic acids is 1. The highest BCUT2D eigenvalue weighted by Crippen LogP contribution is 2.15. The van der Waals surface area contributed by atoms with E-state index in [-0.39, 0.29) is 12.1 Å². The Morgan fingerprint density at radius 3 is 2.43 bits per heavy atom. The van der Waals surface area contributed by atoms with Crippen LogP contribution in [0.3, 0.4) is 0 Å². The van der Waals surface area contributed by atoms with Crippen LogP contribution in [-0.4, -0.2) is 55.3 Å². The van der Waals surface area contributed by atoms with Crippen molar-refractivity contribution in [1.29, 1.82) is 0 Å². The molecule has 1 unspecified atom stereocenters. The Balaban J connectivity index is 2.41. The van der Waals surface area contributed by atoms with E-state index in [9.17, 15) is 9.59 Å². The van der Waals surface area contributed by atoms with Crippen LogP contribution in [0, 0.1) is 0 Å². The van der Waals surface area contributed by atoms with Gasteiger partial charge in [0, 0.05) is 18.3 Å². The first-order chi connectivity index (χ1) is 9.88. The number of rotatable bonds is 7. The zero-order valence-corrected chi connectivity index (χ0v) is 12.4. The Kier molecular flexibility index (Phi) is 6.48. The quantitative estimate of drug-likeness (QED) is 0.703. The van der Waals surface area contributed by atoms with Crippen LogP contribution in [0.15, 0.2) is 24.3 Å². The van der Waals surface area contributed by atoms with Crippen LogP contribution in [-0.2, 0) is 4.79 Å². The summed E-state index contributed by atoms with van der Waals surface area (Å²) in [5.74, 6) is -0.601. The van der Waals surface area contributed by atoms with Gasteiger partial charge in [0.2, 0.25) is 0 Å². The van der Waals surface area contributed by atoms with Gasteiger partial charge in [-0.2, -0.15) is 0 Å². The van der Waals surface area contributed by atoms with E-state index in [2.05, 4.69) is 10.6 Å². The molecule has 116 valence electrons. The lowest BCUT2D eigenvalue weighted by Crippen LogP contribution is -2.40. The van der Waals surface area contributed by atoms with Gasteiger partial charge >= 0.3 is 12.0 Å². The molecule has 7 nitrogen and oxygen atoms in total. The highest BCUT2D eigenvalue weighted by Gasteiger charge is 2.07. The second-order valence-electron chi connectivity index (χ2n) is 4.85. The first-order valence-corrected chi connectivity index (χ1v) is 6.54.